The van der Waals surface area contributed by atoms with Crippen molar-refractivity contribution in [2.24, 2.45) is 4.99 Å². The van der Waals surface area contributed by atoms with E-state index in [4.69, 9.17) is 4.99 Å². The molecule has 4 aliphatic rings. The second kappa shape index (κ2) is 11.9. The highest BCUT2D eigenvalue weighted by Crippen LogP contribution is 2.58. The minimum atomic E-state index is -0.0913. The third-order valence-electron chi connectivity index (χ3n) is 11.4. The molecule has 248 valence electrons. The van der Waals surface area contributed by atoms with Crippen LogP contribution in [-0.4, -0.2) is 16.9 Å². The molecular weight excluding hydrogens is 629 g/mol. The molecule has 0 spiro atoms. The monoisotopic (exact) mass is 666 g/mol. The number of amidine groups is 1. The van der Waals surface area contributed by atoms with Crippen LogP contribution in [0.2, 0.25) is 0 Å². The predicted molar refractivity (Wildman–Crippen MR) is 221 cm³/mol. The molecule has 2 nitrogen and oxygen atoms in total. The van der Waals surface area contributed by atoms with E-state index in [-0.39, 0.29) is 11.1 Å². The third-order valence-corrected chi connectivity index (χ3v) is 11.4. The molecule has 6 aromatic rings. The van der Waals surface area contributed by atoms with Crippen LogP contribution < -0.4 is 5.32 Å². The Hall–Kier alpha value is -6.25. The van der Waals surface area contributed by atoms with Crippen LogP contribution in [0.3, 0.4) is 0 Å². The second-order valence-electron chi connectivity index (χ2n) is 14.4. The van der Waals surface area contributed by atoms with Crippen molar-refractivity contribution < 1.29 is 0 Å². The Morgan fingerprint density at radius 2 is 1.40 bits per heavy atom. The molecule has 1 fully saturated rings. The molecule has 3 aliphatic carbocycles. The molecule has 1 N–H and O–H groups in total. The molecule has 1 aliphatic heterocycles. The summed E-state index contributed by atoms with van der Waals surface area (Å²) in [6, 6.07) is 42.2. The minimum Gasteiger partial charge on any atom is -0.358 e. The van der Waals surface area contributed by atoms with Gasteiger partial charge in [-0.25, -0.2) is 0 Å². The van der Waals surface area contributed by atoms with Gasteiger partial charge >= 0.3 is 0 Å². The van der Waals surface area contributed by atoms with E-state index in [2.05, 4.69) is 194 Å². The van der Waals surface area contributed by atoms with Crippen LogP contribution in [0.4, 0.5) is 0 Å². The Balaban J connectivity index is 1.06. The summed E-state index contributed by atoms with van der Waals surface area (Å²) < 4.78 is 0. The molecule has 0 aromatic heterocycles. The van der Waals surface area contributed by atoms with Gasteiger partial charge in [0.15, 0.2) is 0 Å². The SMILES string of the molecule is C/C=C(\C=C/c1cc(-c2ccc3ccccc3c2)c2ccccc2c1-c1ccc2ccccc2c1)C1=CCC(C2=NC34C=CC=CC3(C4)N2)=CC=C1. The fraction of sp³-hybridized carbons (Fsp3) is 0.100. The van der Waals surface area contributed by atoms with Gasteiger partial charge in [0.05, 0.1) is 5.54 Å². The van der Waals surface area contributed by atoms with Gasteiger partial charge in [0, 0.05) is 6.42 Å². The van der Waals surface area contributed by atoms with Gasteiger partial charge in [-0.3, -0.25) is 4.99 Å². The first-order valence-corrected chi connectivity index (χ1v) is 18.3. The summed E-state index contributed by atoms with van der Waals surface area (Å²) >= 11 is 0. The number of hydrogen-bond donors (Lipinski definition) is 1. The fourth-order valence-electron chi connectivity index (χ4n) is 8.53. The van der Waals surface area contributed by atoms with E-state index in [0.29, 0.717) is 0 Å². The van der Waals surface area contributed by atoms with Crippen LogP contribution in [0, 0.1) is 0 Å². The van der Waals surface area contributed by atoms with Crippen molar-refractivity contribution in [2.75, 3.05) is 0 Å². The first-order valence-electron chi connectivity index (χ1n) is 18.3. The highest BCUT2D eigenvalue weighted by molar-refractivity contribution is 6.10. The Morgan fingerprint density at radius 3 is 2.17 bits per heavy atom. The first-order chi connectivity index (χ1) is 25.6. The van der Waals surface area contributed by atoms with Crippen LogP contribution in [0.1, 0.15) is 25.3 Å². The lowest BCUT2D eigenvalue weighted by Gasteiger charge is -2.17. The smallest absolute Gasteiger partial charge is 0.126 e. The van der Waals surface area contributed by atoms with Crippen molar-refractivity contribution in [2.45, 2.75) is 30.8 Å². The van der Waals surface area contributed by atoms with Crippen LogP contribution in [0.15, 0.2) is 198 Å². The average molecular weight is 667 g/mol. The summed E-state index contributed by atoms with van der Waals surface area (Å²) in [5.74, 6) is 1.03. The summed E-state index contributed by atoms with van der Waals surface area (Å²) in [7, 11) is 0. The van der Waals surface area contributed by atoms with E-state index in [9.17, 15) is 0 Å². The van der Waals surface area contributed by atoms with E-state index in [1.54, 1.807) is 0 Å². The Morgan fingerprint density at radius 1 is 0.712 bits per heavy atom. The third kappa shape index (κ3) is 4.98. The van der Waals surface area contributed by atoms with E-state index < -0.39 is 0 Å². The molecule has 6 aromatic carbocycles. The number of benzene rings is 6. The summed E-state index contributed by atoms with van der Waals surface area (Å²) in [5.41, 5.74) is 9.64. The van der Waals surface area contributed by atoms with Gasteiger partial charge in [-0.05, 0) is 108 Å². The molecule has 2 heteroatoms. The van der Waals surface area contributed by atoms with Gasteiger partial charge in [0.25, 0.3) is 0 Å². The number of nitrogens with zero attached hydrogens (tertiary/aromatic N) is 1. The van der Waals surface area contributed by atoms with Crippen molar-refractivity contribution in [1.29, 1.82) is 0 Å². The van der Waals surface area contributed by atoms with Crippen LogP contribution in [0.25, 0.3) is 60.6 Å². The first kappa shape index (κ1) is 30.6. The Kier molecular flexibility index (Phi) is 7.01. The van der Waals surface area contributed by atoms with Gasteiger partial charge in [0.1, 0.15) is 11.4 Å². The second-order valence-corrected chi connectivity index (χ2v) is 14.4. The number of nitrogens with one attached hydrogen (secondary N) is 1. The lowest BCUT2D eigenvalue weighted by Crippen LogP contribution is -2.35. The van der Waals surface area contributed by atoms with E-state index in [1.807, 2.05) is 0 Å². The highest BCUT2D eigenvalue weighted by Gasteiger charge is 2.69. The lowest BCUT2D eigenvalue weighted by atomic mass is 9.86. The van der Waals surface area contributed by atoms with E-state index in [0.717, 1.165) is 18.7 Å². The summed E-state index contributed by atoms with van der Waals surface area (Å²) in [6.07, 6.45) is 26.5. The molecule has 10 rings (SSSR count). The van der Waals surface area contributed by atoms with Gasteiger partial charge in [-0.2, -0.15) is 0 Å². The molecule has 0 amide bonds. The molecule has 2 atom stereocenters. The predicted octanol–water partition coefficient (Wildman–Crippen LogP) is 12.3. The molecule has 1 saturated carbocycles. The maximum Gasteiger partial charge on any atom is 0.126 e. The number of hydrogen-bond acceptors (Lipinski definition) is 2. The summed E-state index contributed by atoms with van der Waals surface area (Å²) in [6.45, 7) is 2.14. The minimum absolute atomic E-state index is 0.0218. The highest BCUT2D eigenvalue weighted by atomic mass is 15.3. The van der Waals surface area contributed by atoms with Crippen molar-refractivity contribution >= 4 is 44.2 Å². The zero-order chi connectivity index (χ0) is 34.7. The van der Waals surface area contributed by atoms with E-state index in [1.165, 1.54) is 76.9 Å². The quantitative estimate of drug-likeness (QED) is 0.176. The largest absolute Gasteiger partial charge is 0.358 e. The van der Waals surface area contributed by atoms with Crippen LogP contribution in [0.5, 0.6) is 0 Å². The topological polar surface area (TPSA) is 24.4 Å². The molecule has 0 radical (unpaired) electrons. The standard InChI is InChI=1S/C50H38N2/c1-2-34(35-16-11-17-38(24-21-35)48-51-49-28-9-10-29-50(49,33-49)52-48)20-26-43-32-46(41-25-22-36-12-3-5-14-39(36)30-41)44-18-7-8-19-45(44)47(43)42-27-23-37-13-4-6-15-40(37)31-42/h2-23,25-32H,24,33H2,1H3,(H,51,52)/b26-20-,34-2+. The van der Waals surface area contributed by atoms with Crippen molar-refractivity contribution in [1.82, 2.24) is 5.32 Å². The van der Waals surface area contributed by atoms with Gasteiger partial charge in [-0.1, -0.05) is 164 Å². The van der Waals surface area contributed by atoms with Crippen molar-refractivity contribution in [3.8, 4) is 22.3 Å². The molecular formula is C50H38N2. The Bertz CT molecular complexity index is 2730. The van der Waals surface area contributed by atoms with Gasteiger partial charge in [0.2, 0.25) is 0 Å². The number of aliphatic imine (C=N–C) groups is 1. The maximum absolute atomic E-state index is 5.18. The zero-order valence-corrected chi connectivity index (χ0v) is 29.2. The Labute approximate surface area is 304 Å². The van der Waals surface area contributed by atoms with Gasteiger partial charge in [-0.15, -0.1) is 0 Å². The zero-order valence-electron chi connectivity index (χ0n) is 29.2. The van der Waals surface area contributed by atoms with Crippen LogP contribution >= 0.6 is 0 Å². The summed E-state index contributed by atoms with van der Waals surface area (Å²) in [5, 5.41) is 11.3. The normalized spacial score (nSPS) is 21.9. The van der Waals surface area contributed by atoms with Crippen molar-refractivity contribution in [3.63, 3.8) is 0 Å². The molecule has 0 bridgehead atoms. The van der Waals surface area contributed by atoms with Crippen molar-refractivity contribution in [3.05, 3.63) is 198 Å². The molecule has 0 saturated heterocycles. The molecule has 2 unspecified atom stereocenters. The number of allylic oxidation sites excluding steroid dienone is 10. The average Bonchev–Trinajstić information content (AvgIpc) is 3.82. The fourth-order valence-corrected chi connectivity index (χ4v) is 8.53. The lowest BCUT2D eigenvalue weighted by molar-refractivity contribution is 0.690. The number of fused-ring (bicyclic) bond motifs is 3. The summed E-state index contributed by atoms with van der Waals surface area (Å²) in [4.78, 5) is 5.18. The molecule has 52 heavy (non-hydrogen) atoms. The van der Waals surface area contributed by atoms with Crippen LogP contribution in [-0.2, 0) is 0 Å². The van der Waals surface area contributed by atoms with E-state index >= 15 is 0 Å². The van der Waals surface area contributed by atoms with Gasteiger partial charge < -0.3 is 5.32 Å². The maximum atomic E-state index is 5.18. The molecule has 1 heterocycles. The number of rotatable bonds is 6.